The highest BCUT2D eigenvalue weighted by Gasteiger charge is 2.16. The van der Waals surface area contributed by atoms with Crippen LogP contribution in [-0.4, -0.2) is 16.9 Å². The van der Waals surface area contributed by atoms with Gasteiger partial charge < -0.3 is 10.1 Å². The molecule has 0 aliphatic heterocycles. The summed E-state index contributed by atoms with van der Waals surface area (Å²) in [5, 5.41) is 14.0. The molecule has 8 heteroatoms. The molecular formula is C15H12Cl2N2O4. The lowest BCUT2D eigenvalue weighted by molar-refractivity contribution is -0.384. The van der Waals surface area contributed by atoms with E-state index in [1.54, 1.807) is 19.1 Å². The van der Waals surface area contributed by atoms with Gasteiger partial charge in [0, 0.05) is 17.2 Å². The lowest BCUT2D eigenvalue weighted by Gasteiger charge is -2.15. The molecule has 0 heterocycles. The molecule has 0 aliphatic carbocycles. The lowest BCUT2D eigenvalue weighted by Crippen LogP contribution is -2.30. The average molecular weight is 355 g/mol. The number of halogens is 2. The van der Waals surface area contributed by atoms with E-state index in [1.807, 2.05) is 0 Å². The molecule has 0 unspecified atom stereocenters. The highest BCUT2D eigenvalue weighted by molar-refractivity contribution is 6.36. The lowest BCUT2D eigenvalue weighted by atomic mass is 10.3. The maximum atomic E-state index is 12.1. The smallest absolute Gasteiger partial charge is 0.269 e. The first-order chi connectivity index (χ1) is 10.9. The van der Waals surface area contributed by atoms with Crippen LogP contribution in [0.3, 0.4) is 0 Å². The predicted octanol–water partition coefficient (Wildman–Crippen LogP) is 4.31. The fourth-order valence-electron chi connectivity index (χ4n) is 1.73. The number of nitro benzene ring substituents is 1. The number of hydrogen-bond donors (Lipinski definition) is 1. The van der Waals surface area contributed by atoms with E-state index in [-0.39, 0.29) is 5.69 Å². The van der Waals surface area contributed by atoms with Crippen molar-refractivity contribution in [2.45, 2.75) is 13.0 Å². The third-order valence-electron chi connectivity index (χ3n) is 2.92. The number of anilines is 1. The van der Waals surface area contributed by atoms with Crippen LogP contribution in [0.5, 0.6) is 5.75 Å². The summed E-state index contributed by atoms with van der Waals surface area (Å²) in [6, 6.07) is 10.2. The number of rotatable bonds is 5. The molecule has 2 aromatic rings. The van der Waals surface area contributed by atoms with Gasteiger partial charge in [-0.15, -0.1) is 0 Å². The quantitative estimate of drug-likeness (QED) is 0.640. The summed E-state index contributed by atoms with van der Waals surface area (Å²) in [5.74, 6) is -0.0620. The second-order valence-electron chi connectivity index (χ2n) is 4.62. The molecule has 0 aliphatic rings. The largest absolute Gasteiger partial charge is 0.481 e. The topological polar surface area (TPSA) is 81.5 Å². The molecule has 2 aromatic carbocycles. The Morgan fingerprint density at radius 3 is 2.43 bits per heavy atom. The van der Waals surface area contributed by atoms with Gasteiger partial charge in [0.05, 0.1) is 15.6 Å². The van der Waals surface area contributed by atoms with Gasteiger partial charge in [-0.2, -0.15) is 0 Å². The van der Waals surface area contributed by atoms with E-state index in [0.717, 1.165) is 0 Å². The van der Waals surface area contributed by atoms with E-state index in [2.05, 4.69) is 5.32 Å². The van der Waals surface area contributed by atoms with Gasteiger partial charge in [0.25, 0.3) is 11.6 Å². The van der Waals surface area contributed by atoms with Crippen LogP contribution in [0, 0.1) is 10.1 Å². The second kappa shape index (κ2) is 7.30. The van der Waals surface area contributed by atoms with Crippen molar-refractivity contribution in [1.29, 1.82) is 0 Å². The second-order valence-corrected chi connectivity index (χ2v) is 5.47. The Morgan fingerprint density at radius 1 is 1.22 bits per heavy atom. The average Bonchev–Trinajstić information content (AvgIpc) is 2.50. The first-order valence-corrected chi connectivity index (χ1v) is 7.29. The molecule has 0 radical (unpaired) electrons. The molecule has 2 rings (SSSR count). The fraction of sp³-hybridized carbons (Fsp3) is 0.133. The molecule has 6 nitrogen and oxygen atoms in total. The van der Waals surface area contributed by atoms with Crippen LogP contribution in [0.25, 0.3) is 0 Å². The van der Waals surface area contributed by atoms with Crippen molar-refractivity contribution in [3.8, 4) is 5.75 Å². The van der Waals surface area contributed by atoms with Crippen molar-refractivity contribution in [2.24, 2.45) is 0 Å². The van der Waals surface area contributed by atoms with Gasteiger partial charge in [0.15, 0.2) is 6.10 Å². The van der Waals surface area contributed by atoms with Crippen molar-refractivity contribution in [3.63, 3.8) is 0 Å². The van der Waals surface area contributed by atoms with Crippen LogP contribution in [0.15, 0.2) is 42.5 Å². The zero-order chi connectivity index (χ0) is 17.0. The molecule has 0 spiro atoms. The molecule has 0 saturated heterocycles. The summed E-state index contributed by atoms with van der Waals surface area (Å²) in [4.78, 5) is 22.2. The van der Waals surface area contributed by atoms with Gasteiger partial charge in [-0.25, -0.2) is 0 Å². The molecule has 1 amide bonds. The van der Waals surface area contributed by atoms with Crippen molar-refractivity contribution >= 4 is 40.5 Å². The van der Waals surface area contributed by atoms with Crippen LogP contribution in [0.4, 0.5) is 11.4 Å². The van der Waals surface area contributed by atoms with E-state index in [0.29, 0.717) is 21.5 Å². The molecule has 23 heavy (non-hydrogen) atoms. The number of carbonyl (C=O) groups is 1. The molecular weight excluding hydrogens is 343 g/mol. The van der Waals surface area contributed by atoms with Crippen LogP contribution >= 0.6 is 23.2 Å². The SMILES string of the molecule is C[C@@H](Oc1ccc([N+](=O)[O-])cc1)C(=O)Nc1ccc(Cl)cc1Cl. The van der Waals surface area contributed by atoms with E-state index in [4.69, 9.17) is 27.9 Å². The van der Waals surface area contributed by atoms with Crippen molar-refractivity contribution in [2.75, 3.05) is 5.32 Å². The molecule has 0 aromatic heterocycles. The Kier molecular flexibility index (Phi) is 5.41. The van der Waals surface area contributed by atoms with Crippen LogP contribution in [0.1, 0.15) is 6.92 Å². The van der Waals surface area contributed by atoms with Crippen LogP contribution in [-0.2, 0) is 4.79 Å². The van der Waals surface area contributed by atoms with Crippen molar-refractivity contribution < 1.29 is 14.5 Å². The molecule has 1 N–H and O–H groups in total. The van der Waals surface area contributed by atoms with E-state index in [9.17, 15) is 14.9 Å². The third-order valence-corrected chi connectivity index (χ3v) is 3.47. The molecule has 0 bridgehead atoms. The number of nitrogens with zero attached hydrogens (tertiary/aromatic N) is 1. The van der Waals surface area contributed by atoms with Gasteiger partial charge in [0.1, 0.15) is 5.75 Å². The minimum atomic E-state index is -0.816. The number of nitrogens with one attached hydrogen (secondary N) is 1. The van der Waals surface area contributed by atoms with Crippen LogP contribution in [0.2, 0.25) is 10.0 Å². The Hall–Kier alpha value is -2.31. The van der Waals surface area contributed by atoms with Gasteiger partial charge >= 0.3 is 0 Å². The van der Waals surface area contributed by atoms with E-state index >= 15 is 0 Å². The Balaban J connectivity index is 2.00. The summed E-state index contributed by atoms with van der Waals surface area (Å²) in [6.45, 7) is 1.56. The van der Waals surface area contributed by atoms with E-state index in [1.165, 1.54) is 30.3 Å². The van der Waals surface area contributed by atoms with Crippen molar-refractivity contribution in [3.05, 3.63) is 62.6 Å². The summed E-state index contributed by atoms with van der Waals surface area (Å²) < 4.78 is 5.44. The summed E-state index contributed by atoms with van der Waals surface area (Å²) >= 11 is 11.8. The third kappa shape index (κ3) is 4.58. The zero-order valence-corrected chi connectivity index (χ0v) is 13.5. The molecule has 0 fully saturated rings. The predicted molar refractivity (Wildman–Crippen MR) is 88.3 cm³/mol. The highest BCUT2D eigenvalue weighted by atomic mass is 35.5. The van der Waals surface area contributed by atoms with Gasteiger partial charge in [-0.3, -0.25) is 14.9 Å². The van der Waals surface area contributed by atoms with Gasteiger partial charge in [-0.1, -0.05) is 23.2 Å². The summed E-state index contributed by atoms with van der Waals surface area (Å²) in [5.41, 5.74) is 0.364. The molecule has 1 atom stereocenters. The van der Waals surface area contributed by atoms with Gasteiger partial charge in [-0.05, 0) is 37.3 Å². The maximum Gasteiger partial charge on any atom is 0.269 e. The minimum absolute atomic E-state index is 0.0533. The Morgan fingerprint density at radius 2 is 1.87 bits per heavy atom. The number of nitro groups is 1. The normalized spacial score (nSPS) is 11.6. The minimum Gasteiger partial charge on any atom is -0.481 e. The number of benzene rings is 2. The summed E-state index contributed by atoms with van der Waals surface area (Å²) in [6.07, 6.45) is -0.816. The Labute approximate surface area is 142 Å². The summed E-state index contributed by atoms with van der Waals surface area (Å²) in [7, 11) is 0. The van der Waals surface area contributed by atoms with E-state index < -0.39 is 16.9 Å². The maximum absolute atomic E-state index is 12.1. The number of non-ortho nitro benzene ring substituents is 1. The number of hydrogen-bond acceptors (Lipinski definition) is 4. The Bertz CT molecular complexity index is 735. The number of ether oxygens (including phenoxy) is 1. The first-order valence-electron chi connectivity index (χ1n) is 6.54. The molecule has 0 saturated carbocycles. The monoisotopic (exact) mass is 354 g/mol. The van der Waals surface area contributed by atoms with Crippen LogP contribution < -0.4 is 10.1 Å². The highest BCUT2D eigenvalue weighted by Crippen LogP contribution is 2.26. The first kappa shape index (κ1) is 17.1. The standard InChI is InChI=1S/C15H12Cl2N2O4/c1-9(23-12-5-3-11(4-6-12)19(21)22)15(20)18-14-7-2-10(16)8-13(14)17/h2-9H,1H3,(H,18,20)/t9-/m1/s1. The number of carbonyl (C=O) groups excluding carboxylic acids is 1. The van der Waals surface area contributed by atoms with Gasteiger partial charge in [0.2, 0.25) is 0 Å². The fourth-order valence-corrected chi connectivity index (χ4v) is 2.19. The molecule has 120 valence electrons. The zero-order valence-electron chi connectivity index (χ0n) is 12.0. The van der Waals surface area contributed by atoms with Crippen molar-refractivity contribution in [1.82, 2.24) is 0 Å². The number of amides is 1.